The van der Waals surface area contributed by atoms with E-state index in [0.29, 0.717) is 6.04 Å². The molecule has 122 valence electrons. The van der Waals surface area contributed by atoms with E-state index in [1.54, 1.807) is 6.92 Å². The summed E-state index contributed by atoms with van der Waals surface area (Å²) in [5.41, 5.74) is -0.329. The maximum Gasteiger partial charge on any atom is 0.282 e. The van der Waals surface area contributed by atoms with Gasteiger partial charge in [0.15, 0.2) is 23.5 Å². The molecule has 0 heterocycles. The summed E-state index contributed by atoms with van der Waals surface area (Å²) >= 11 is 0. The predicted octanol–water partition coefficient (Wildman–Crippen LogP) is 2.72. The molecule has 0 aliphatic heterocycles. The summed E-state index contributed by atoms with van der Waals surface area (Å²) in [6.07, 6.45) is 6.91. The van der Waals surface area contributed by atoms with Crippen LogP contribution < -0.4 is 10.6 Å². The number of benzene rings is 1. The number of carbonyl (C=O) groups excluding carboxylic acids is 1. The molecule has 1 fully saturated rings. The second-order valence-electron chi connectivity index (χ2n) is 5.94. The van der Waals surface area contributed by atoms with Gasteiger partial charge >= 0.3 is 0 Å². The smallest absolute Gasteiger partial charge is 0.282 e. The van der Waals surface area contributed by atoms with E-state index in [2.05, 4.69) is 5.32 Å². The molecule has 1 amide bonds. The lowest BCUT2D eigenvalue weighted by Crippen LogP contribution is -2.96. The molecule has 3 nitrogen and oxygen atoms in total. The zero-order chi connectivity index (χ0) is 16.1. The lowest BCUT2D eigenvalue weighted by molar-refractivity contribution is -0.707. The minimum Gasteiger partial charge on any atom is -0.334 e. The first-order valence-electron chi connectivity index (χ1n) is 7.78. The molecule has 0 unspecified atom stereocenters. The van der Waals surface area contributed by atoms with E-state index >= 15 is 0 Å². The van der Waals surface area contributed by atoms with Crippen LogP contribution in [0.4, 0.5) is 18.9 Å². The molecule has 3 N–H and O–H groups in total. The predicted molar refractivity (Wildman–Crippen MR) is 77.8 cm³/mol. The summed E-state index contributed by atoms with van der Waals surface area (Å²) in [5.74, 6) is -4.61. The van der Waals surface area contributed by atoms with Crippen LogP contribution in [-0.2, 0) is 4.79 Å². The van der Waals surface area contributed by atoms with Crippen molar-refractivity contribution >= 4 is 11.6 Å². The van der Waals surface area contributed by atoms with Crippen LogP contribution in [0.1, 0.15) is 45.4 Å². The molecule has 0 saturated heterocycles. The molecule has 1 aromatic rings. The molecule has 1 atom stereocenters. The Morgan fingerprint density at radius 3 is 2.41 bits per heavy atom. The van der Waals surface area contributed by atoms with Gasteiger partial charge in [0.2, 0.25) is 0 Å². The summed E-state index contributed by atoms with van der Waals surface area (Å²) in [7, 11) is 0. The molecule has 0 aromatic heterocycles. The Balaban J connectivity index is 1.95. The van der Waals surface area contributed by atoms with Gasteiger partial charge in [-0.25, -0.2) is 13.2 Å². The van der Waals surface area contributed by atoms with E-state index < -0.39 is 29.4 Å². The molecular formula is C16H22F3N2O+. The van der Waals surface area contributed by atoms with Crippen LogP contribution in [0.15, 0.2) is 12.1 Å². The van der Waals surface area contributed by atoms with Crippen LogP contribution in [0.3, 0.4) is 0 Å². The molecule has 22 heavy (non-hydrogen) atoms. The van der Waals surface area contributed by atoms with E-state index in [-0.39, 0.29) is 5.69 Å². The van der Waals surface area contributed by atoms with Crippen LogP contribution in [0.25, 0.3) is 0 Å². The molecule has 1 aliphatic rings. The third kappa shape index (κ3) is 4.22. The highest BCUT2D eigenvalue weighted by Crippen LogP contribution is 2.19. The number of rotatable bonds is 4. The minimum absolute atomic E-state index is 0.329. The Bertz CT molecular complexity index is 528. The average Bonchev–Trinajstić information content (AvgIpc) is 2.76. The number of anilines is 1. The lowest BCUT2D eigenvalue weighted by atomic mass is 10.1. The van der Waals surface area contributed by atoms with Crippen molar-refractivity contribution < 1.29 is 23.3 Å². The SMILES string of the molecule is C[C@@H]([NH2+]C1CCCCCC1)C(=O)Nc1ccc(F)c(F)c1F. The molecule has 1 aliphatic carbocycles. The second kappa shape index (κ2) is 7.63. The molecule has 0 bridgehead atoms. The third-order valence-corrected chi connectivity index (χ3v) is 4.17. The summed E-state index contributed by atoms with van der Waals surface area (Å²) in [6, 6.07) is 1.81. The van der Waals surface area contributed by atoms with Gasteiger partial charge in [-0.1, -0.05) is 12.8 Å². The fourth-order valence-corrected chi connectivity index (χ4v) is 2.87. The van der Waals surface area contributed by atoms with E-state index in [1.807, 2.05) is 5.32 Å². The van der Waals surface area contributed by atoms with Gasteiger partial charge < -0.3 is 10.6 Å². The number of nitrogens with two attached hydrogens (primary N) is 1. The van der Waals surface area contributed by atoms with Crippen LogP contribution in [0, 0.1) is 17.5 Å². The number of nitrogens with one attached hydrogen (secondary N) is 1. The minimum atomic E-state index is -1.57. The van der Waals surface area contributed by atoms with Crippen molar-refractivity contribution in [3.8, 4) is 0 Å². The maximum absolute atomic E-state index is 13.6. The topological polar surface area (TPSA) is 45.7 Å². The fourth-order valence-electron chi connectivity index (χ4n) is 2.87. The van der Waals surface area contributed by atoms with E-state index in [0.717, 1.165) is 37.8 Å². The van der Waals surface area contributed by atoms with Crippen molar-refractivity contribution in [1.82, 2.24) is 0 Å². The normalized spacial score (nSPS) is 17.8. The average molecular weight is 315 g/mol. The van der Waals surface area contributed by atoms with Crippen molar-refractivity contribution in [1.29, 1.82) is 0 Å². The molecule has 1 aromatic carbocycles. The Labute approximate surface area is 128 Å². The monoisotopic (exact) mass is 315 g/mol. The van der Waals surface area contributed by atoms with Gasteiger partial charge in [-0.15, -0.1) is 0 Å². The van der Waals surface area contributed by atoms with Gasteiger partial charge in [0.1, 0.15) is 0 Å². The second-order valence-corrected chi connectivity index (χ2v) is 5.94. The highest BCUT2D eigenvalue weighted by molar-refractivity contribution is 5.93. The number of quaternary nitrogens is 1. The molecule has 6 heteroatoms. The number of amides is 1. The van der Waals surface area contributed by atoms with E-state index in [9.17, 15) is 18.0 Å². The fraction of sp³-hybridized carbons (Fsp3) is 0.562. The quantitative estimate of drug-likeness (QED) is 0.651. The zero-order valence-corrected chi connectivity index (χ0v) is 12.7. The molecular weight excluding hydrogens is 293 g/mol. The Kier molecular flexibility index (Phi) is 5.83. The highest BCUT2D eigenvalue weighted by atomic mass is 19.2. The first-order chi connectivity index (χ1) is 10.5. The highest BCUT2D eigenvalue weighted by Gasteiger charge is 2.24. The first-order valence-corrected chi connectivity index (χ1v) is 7.78. The first kappa shape index (κ1) is 16.8. The summed E-state index contributed by atoms with van der Waals surface area (Å²) in [6.45, 7) is 1.73. The maximum atomic E-state index is 13.6. The van der Waals surface area contributed by atoms with Crippen molar-refractivity contribution in [3.05, 3.63) is 29.6 Å². The summed E-state index contributed by atoms with van der Waals surface area (Å²) < 4.78 is 39.6. The van der Waals surface area contributed by atoms with Crippen LogP contribution in [0.5, 0.6) is 0 Å². The molecule has 0 spiro atoms. The Hall–Kier alpha value is -1.56. The summed E-state index contributed by atoms with van der Waals surface area (Å²) in [4.78, 5) is 12.1. The van der Waals surface area contributed by atoms with Crippen LogP contribution in [0.2, 0.25) is 0 Å². The Morgan fingerprint density at radius 2 is 1.77 bits per heavy atom. The van der Waals surface area contributed by atoms with E-state index in [4.69, 9.17) is 0 Å². The number of hydrogen-bond donors (Lipinski definition) is 2. The number of carbonyl (C=O) groups is 1. The van der Waals surface area contributed by atoms with Crippen molar-refractivity contribution in [2.75, 3.05) is 5.32 Å². The molecule has 1 saturated carbocycles. The van der Waals surface area contributed by atoms with Crippen LogP contribution in [-0.4, -0.2) is 18.0 Å². The molecule has 2 rings (SSSR count). The van der Waals surface area contributed by atoms with Crippen LogP contribution >= 0.6 is 0 Å². The van der Waals surface area contributed by atoms with Gasteiger partial charge in [-0.3, -0.25) is 4.79 Å². The third-order valence-electron chi connectivity index (χ3n) is 4.17. The van der Waals surface area contributed by atoms with Gasteiger partial charge in [0.25, 0.3) is 5.91 Å². The van der Waals surface area contributed by atoms with Crippen molar-refractivity contribution in [3.63, 3.8) is 0 Å². The van der Waals surface area contributed by atoms with Gasteiger partial charge in [0, 0.05) is 0 Å². The lowest BCUT2D eigenvalue weighted by Gasteiger charge is -2.18. The van der Waals surface area contributed by atoms with Gasteiger partial charge in [-0.05, 0) is 44.7 Å². The zero-order valence-electron chi connectivity index (χ0n) is 12.7. The van der Waals surface area contributed by atoms with Gasteiger partial charge in [-0.2, -0.15) is 0 Å². The largest absolute Gasteiger partial charge is 0.334 e. The molecule has 0 radical (unpaired) electrons. The standard InChI is InChI=1S/C16H21F3N2O/c1-10(20-11-6-4-2-3-5-7-11)16(22)21-13-9-8-12(17)14(18)15(13)19/h8-11,20H,2-7H2,1H3,(H,21,22)/p+1/t10-/m1/s1. The Morgan fingerprint density at radius 1 is 1.14 bits per heavy atom. The van der Waals surface area contributed by atoms with Gasteiger partial charge in [0.05, 0.1) is 11.7 Å². The summed E-state index contributed by atoms with van der Waals surface area (Å²) in [5, 5.41) is 4.32. The number of hydrogen-bond acceptors (Lipinski definition) is 1. The van der Waals surface area contributed by atoms with Crippen molar-refractivity contribution in [2.45, 2.75) is 57.5 Å². The number of halogens is 3. The van der Waals surface area contributed by atoms with Crippen molar-refractivity contribution in [2.24, 2.45) is 0 Å². The van der Waals surface area contributed by atoms with E-state index in [1.165, 1.54) is 12.8 Å².